The van der Waals surface area contributed by atoms with E-state index in [9.17, 15) is 4.79 Å². The van der Waals surface area contributed by atoms with E-state index >= 15 is 0 Å². The van der Waals surface area contributed by atoms with Crippen LogP contribution in [0.25, 0.3) is 0 Å². The average molecular weight is 308 g/mol. The Morgan fingerprint density at radius 2 is 1.57 bits per heavy atom. The van der Waals surface area contributed by atoms with Crippen LogP contribution >= 0.6 is 0 Å². The van der Waals surface area contributed by atoms with Gasteiger partial charge in [0.2, 0.25) is 0 Å². The van der Waals surface area contributed by atoms with Crippen LogP contribution in [0.1, 0.15) is 85.3 Å². The lowest BCUT2D eigenvalue weighted by Crippen LogP contribution is -2.48. The Kier molecular flexibility index (Phi) is 3.06. The fourth-order valence-corrected chi connectivity index (χ4v) is 6.95. The highest BCUT2D eigenvalue weighted by molar-refractivity contribution is 5.96. The lowest BCUT2D eigenvalue weighted by Gasteiger charge is -2.57. The first-order chi connectivity index (χ1) is 11.1. The number of hydrogen-bond donors (Lipinski definition) is 0. The highest BCUT2D eigenvalue weighted by Gasteiger charge is 2.51. The van der Waals surface area contributed by atoms with Crippen molar-refractivity contribution in [2.24, 2.45) is 17.8 Å². The molecule has 6 rings (SSSR count). The summed E-state index contributed by atoms with van der Waals surface area (Å²) in [5.41, 5.74) is 5.92. The van der Waals surface area contributed by atoms with E-state index in [0.29, 0.717) is 5.41 Å². The van der Waals surface area contributed by atoms with Crippen molar-refractivity contribution in [3.8, 4) is 0 Å². The van der Waals surface area contributed by atoms with Gasteiger partial charge in [0.1, 0.15) is 0 Å². The molecular weight excluding hydrogens is 280 g/mol. The van der Waals surface area contributed by atoms with Gasteiger partial charge in [0, 0.05) is 5.56 Å². The van der Waals surface area contributed by atoms with Crippen molar-refractivity contribution in [3.05, 3.63) is 34.4 Å². The van der Waals surface area contributed by atoms with Crippen molar-refractivity contribution < 1.29 is 4.79 Å². The maximum atomic E-state index is 12.3. The Bertz CT molecular complexity index is 634. The number of Topliss-reactive ketones (excluding diaryl/α,β-unsaturated/α-hetero) is 1. The quantitative estimate of drug-likeness (QED) is 0.683. The number of hydrogen-bond acceptors (Lipinski definition) is 1. The van der Waals surface area contributed by atoms with Crippen LogP contribution in [0.4, 0.5) is 0 Å². The number of fused-ring (bicyclic) bond motifs is 1. The second-order valence-corrected chi connectivity index (χ2v) is 9.12. The standard InChI is InChI=1S/C22H28O/c1-14(23)21-10-19(9-18-4-2-3-5-20(18)21)22-11-15-6-16(12-22)8-17(7-15)13-22/h9-10,15-17H,2-8,11-13H2,1H3. The molecule has 5 aliphatic rings. The Hall–Kier alpha value is -1.11. The summed E-state index contributed by atoms with van der Waals surface area (Å²) >= 11 is 0. The topological polar surface area (TPSA) is 17.1 Å². The normalized spacial score (nSPS) is 37.7. The maximum absolute atomic E-state index is 12.3. The van der Waals surface area contributed by atoms with Gasteiger partial charge >= 0.3 is 0 Å². The zero-order chi connectivity index (χ0) is 15.6. The molecule has 1 aromatic rings. The number of rotatable bonds is 2. The summed E-state index contributed by atoms with van der Waals surface area (Å²) in [5, 5.41) is 0. The minimum Gasteiger partial charge on any atom is -0.295 e. The Morgan fingerprint density at radius 1 is 0.957 bits per heavy atom. The van der Waals surface area contributed by atoms with Crippen LogP contribution in [-0.4, -0.2) is 5.78 Å². The van der Waals surface area contributed by atoms with Crippen molar-refractivity contribution in [2.75, 3.05) is 0 Å². The van der Waals surface area contributed by atoms with E-state index in [2.05, 4.69) is 12.1 Å². The van der Waals surface area contributed by atoms with Crippen LogP contribution in [0.2, 0.25) is 0 Å². The molecule has 0 atom stereocenters. The molecule has 0 N–H and O–H groups in total. The smallest absolute Gasteiger partial charge is 0.160 e. The molecule has 1 heteroatoms. The van der Waals surface area contributed by atoms with Gasteiger partial charge in [-0.15, -0.1) is 0 Å². The predicted octanol–water partition coefficient (Wildman–Crippen LogP) is 5.24. The highest BCUT2D eigenvalue weighted by atomic mass is 16.1. The number of benzene rings is 1. The zero-order valence-corrected chi connectivity index (χ0v) is 14.4. The number of ketones is 1. The van der Waals surface area contributed by atoms with E-state index in [1.165, 1.54) is 68.9 Å². The molecule has 5 aliphatic carbocycles. The van der Waals surface area contributed by atoms with Gasteiger partial charge in [0.15, 0.2) is 5.78 Å². The first kappa shape index (κ1) is 14.3. The van der Waals surface area contributed by atoms with E-state index in [-0.39, 0.29) is 5.78 Å². The van der Waals surface area contributed by atoms with Crippen LogP contribution in [0, 0.1) is 17.8 Å². The predicted molar refractivity (Wildman–Crippen MR) is 92.9 cm³/mol. The summed E-state index contributed by atoms with van der Waals surface area (Å²) < 4.78 is 0. The van der Waals surface area contributed by atoms with Crippen LogP contribution in [0.5, 0.6) is 0 Å². The molecule has 4 saturated carbocycles. The summed E-state index contributed by atoms with van der Waals surface area (Å²) in [4.78, 5) is 12.3. The molecule has 0 heterocycles. The van der Waals surface area contributed by atoms with E-state index in [0.717, 1.165) is 29.7 Å². The van der Waals surface area contributed by atoms with Gasteiger partial charge in [-0.25, -0.2) is 0 Å². The van der Waals surface area contributed by atoms with Gasteiger partial charge in [-0.05, 0) is 117 Å². The van der Waals surface area contributed by atoms with Gasteiger partial charge in [0.25, 0.3) is 0 Å². The fraction of sp³-hybridized carbons (Fsp3) is 0.682. The summed E-state index contributed by atoms with van der Waals surface area (Å²) in [5.74, 6) is 3.20. The molecule has 23 heavy (non-hydrogen) atoms. The molecule has 1 nitrogen and oxygen atoms in total. The molecule has 4 fully saturated rings. The number of carbonyl (C=O) groups is 1. The van der Waals surface area contributed by atoms with Crippen molar-refractivity contribution in [1.82, 2.24) is 0 Å². The van der Waals surface area contributed by atoms with E-state index in [1.807, 2.05) is 0 Å². The van der Waals surface area contributed by atoms with Crippen LogP contribution in [0.15, 0.2) is 12.1 Å². The third-order valence-corrected chi connectivity index (χ3v) is 7.50. The summed E-state index contributed by atoms with van der Waals surface area (Å²) in [6.07, 6.45) is 13.5. The summed E-state index contributed by atoms with van der Waals surface area (Å²) in [7, 11) is 0. The average Bonchev–Trinajstić information content (AvgIpc) is 2.52. The Labute approximate surface area is 139 Å². The van der Waals surface area contributed by atoms with Gasteiger partial charge in [-0.1, -0.05) is 6.07 Å². The molecule has 122 valence electrons. The van der Waals surface area contributed by atoms with E-state index in [4.69, 9.17) is 0 Å². The molecule has 1 aromatic carbocycles. The highest BCUT2D eigenvalue weighted by Crippen LogP contribution is 2.61. The first-order valence-corrected chi connectivity index (χ1v) is 9.80. The molecular formula is C22H28O. The summed E-state index contributed by atoms with van der Waals surface area (Å²) in [6.45, 7) is 1.77. The minimum absolute atomic E-state index is 0.287. The maximum Gasteiger partial charge on any atom is 0.160 e. The molecule has 0 amide bonds. The fourth-order valence-electron chi connectivity index (χ4n) is 6.95. The number of aryl methyl sites for hydroxylation is 1. The van der Waals surface area contributed by atoms with Crippen molar-refractivity contribution in [3.63, 3.8) is 0 Å². The monoisotopic (exact) mass is 308 g/mol. The van der Waals surface area contributed by atoms with Crippen LogP contribution < -0.4 is 0 Å². The largest absolute Gasteiger partial charge is 0.295 e. The van der Waals surface area contributed by atoms with Gasteiger partial charge in [0.05, 0.1) is 0 Å². The van der Waals surface area contributed by atoms with Crippen LogP contribution in [0.3, 0.4) is 0 Å². The van der Waals surface area contributed by atoms with Crippen LogP contribution in [-0.2, 0) is 18.3 Å². The zero-order valence-electron chi connectivity index (χ0n) is 14.4. The number of carbonyl (C=O) groups excluding carboxylic acids is 1. The van der Waals surface area contributed by atoms with Gasteiger partial charge in [-0.3, -0.25) is 4.79 Å². The lowest BCUT2D eigenvalue weighted by molar-refractivity contribution is -0.00525. The van der Waals surface area contributed by atoms with E-state index in [1.54, 1.807) is 12.5 Å². The molecule has 0 radical (unpaired) electrons. The molecule has 0 unspecified atom stereocenters. The first-order valence-electron chi connectivity index (χ1n) is 9.80. The second kappa shape index (κ2) is 4.94. The Morgan fingerprint density at radius 3 is 2.17 bits per heavy atom. The van der Waals surface area contributed by atoms with E-state index < -0.39 is 0 Å². The van der Waals surface area contributed by atoms with Gasteiger partial charge < -0.3 is 0 Å². The summed E-state index contributed by atoms with van der Waals surface area (Å²) in [6, 6.07) is 4.87. The minimum atomic E-state index is 0.287. The molecule has 0 spiro atoms. The third-order valence-electron chi connectivity index (χ3n) is 7.50. The third kappa shape index (κ3) is 2.15. The molecule has 4 bridgehead atoms. The molecule has 0 aromatic heterocycles. The van der Waals surface area contributed by atoms with Gasteiger partial charge in [-0.2, -0.15) is 0 Å². The van der Waals surface area contributed by atoms with Crippen molar-refractivity contribution in [1.29, 1.82) is 0 Å². The SMILES string of the molecule is CC(=O)c1cc(C23CC4CC(CC(C4)C2)C3)cc2c1CCCC2. The Balaban J connectivity index is 1.63. The molecule has 0 saturated heterocycles. The van der Waals surface area contributed by atoms with Crippen molar-refractivity contribution in [2.45, 2.75) is 76.5 Å². The lowest BCUT2D eigenvalue weighted by atomic mass is 9.48. The van der Waals surface area contributed by atoms with Crippen molar-refractivity contribution >= 4 is 5.78 Å². The second-order valence-electron chi connectivity index (χ2n) is 9.12. The molecule has 0 aliphatic heterocycles.